The number of benzene rings is 2. The van der Waals surface area contributed by atoms with Crippen molar-refractivity contribution in [3.63, 3.8) is 0 Å². The third kappa shape index (κ3) is 7.49. The van der Waals surface area contributed by atoms with E-state index in [1.807, 2.05) is 67.6 Å². The fourth-order valence-electron chi connectivity index (χ4n) is 2.62. The molecule has 0 unspecified atom stereocenters. The third-order valence-corrected chi connectivity index (χ3v) is 3.95. The van der Waals surface area contributed by atoms with Crippen molar-refractivity contribution in [1.82, 2.24) is 5.32 Å². The topological polar surface area (TPSA) is 73.9 Å². The average Bonchev–Trinajstić information content (AvgIpc) is 2.65. The maximum Gasteiger partial charge on any atom is 0.408 e. The molecule has 2 rings (SSSR count). The molecule has 0 saturated carbocycles. The largest absolute Gasteiger partial charge is 0.486 e. The molecule has 1 amide bonds. The molecule has 0 spiro atoms. The Kier molecular flexibility index (Phi) is 7.65. The molecule has 0 radical (unpaired) electrons. The highest BCUT2D eigenvalue weighted by atomic mass is 16.6. The molecule has 29 heavy (non-hydrogen) atoms. The summed E-state index contributed by atoms with van der Waals surface area (Å²) in [5.74, 6) is 0.102. The van der Waals surface area contributed by atoms with Crippen molar-refractivity contribution in [2.45, 2.75) is 58.5 Å². The number of hydrogen-bond donors (Lipinski definition) is 1. The van der Waals surface area contributed by atoms with Crippen LogP contribution in [0.4, 0.5) is 4.79 Å². The van der Waals surface area contributed by atoms with Crippen molar-refractivity contribution < 1.29 is 23.8 Å². The first kappa shape index (κ1) is 22.3. The van der Waals surface area contributed by atoms with Crippen molar-refractivity contribution in [2.24, 2.45) is 0 Å². The van der Waals surface area contributed by atoms with Crippen LogP contribution in [0.2, 0.25) is 0 Å². The van der Waals surface area contributed by atoms with Gasteiger partial charge in [0.2, 0.25) is 0 Å². The Morgan fingerprint density at radius 2 is 1.45 bits per heavy atom. The molecule has 2 aromatic carbocycles. The Balaban J connectivity index is 2.09. The molecule has 0 aliphatic rings. The SMILES string of the molecule is C[C@H](NC(=O)OC(C)(C)C)C(=O)O[C@H](c1ccccc1)[C@H](C)Oc1ccccc1. The number of para-hydroxylation sites is 1. The van der Waals surface area contributed by atoms with Gasteiger partial charge in [-0.3, -0.25) is 0 Å². The summed E-state index contributed by atoms with van der Waals surface area (Å²) in [5.41, 5.74) is 0.145. The molecule has 0 aliphatic heterocycles. The van der Waals surface area contributed by atoms with Gasteiger partial charge in [-0.25, -0.2) is 9.59 Å². The molecule has 0 bridgehead atoms. The highest BCUT2D eigenvalue weighted by Gasteiger charge is 2.29. The highest BCUT2D eigenvalue weighted by molar-refractivity contribution is 5.81. The number of nitrogens with one attached hydrogen (secondary N) is 1. The van der Waals surface area contributed by atoms with Crippen molar-refractivity contribution >= 4 is 12.1 Å². The van der Waals surface area contributed by atoms with Gasteiger partial charge in [0, 0.05) is 0 Å². The predicted molar refractivity (Wildman–Crippen MR) is 111 cm³/mol. The number of ether oxygens (including phenoxy) is 3. The summed E-state index contributed by atoms with van der Waals surface area (Å²) in [5, 5.41) is 2.51. The summed E-state index contributed by atoms with van der Waals surface area (Å²) in [4.78, 5) is 24.6. The van der Waals surface area contributed by atoms with Crippen LogP contribution in [0.5, 0.6) is 5.75 Å². The molecule has 1 N–H and O–H groups in total. The van der Waals surface area contributed by atoms with Gasteiger partial charge in [-0.1, -0.05) is 48.5 Å². The molecule has 3 atom stereocenters. The number of amides is 1. The second kappa shape index (κ2) is 9.96. The van der Waals surface area contributed by atoms with E-state index in [0.29, 0.717) is 5.75 Å². The second-order valence-corrected chi connectivity index (χ2v) is 7.77. The van der Waals surface area contributed by atoms with E-state index in [2.05, 4.69) is 5.32 Å². The summed E-state index contributed by atoms with van der Waals surface area (Å²) in [7, 11) is 0. The van der Waals surface area contributed by atoms with Crippen molar-refractivity contribution in [2.75, 3.05) is 0 Å². The molecule has 0 aliphatic carbocycles. The smallest absolute Gasteiger partial charge is 0.408 e. The molecule has 0 heterocycles. The van der Waals surface area contributed by atoms with Crippen molar-refractivity contribution in [1.29, 1.82) is 0 Å². The number of alkyl carbamates (subject to hydrolysis) is 1. The van der Waals surface area contributed by atoms with Crippen LogP contribution in [0.1, 0.15) is 46.3 Å². The fourth-order valence-corrected chi connectivity index (χ4v) is 2.62. The molecule has 156 valence electrons. The predicted octanol–water partition coefficient (Wildman–Crippen LogP) is 4.65. The third-order valence-electron chi connectivity index (χ3n) is 3.95. The van der Waals surface area contributed by atoms with E-state index in [1.54, 1.807) is 27.7 Å². The van der Waals surface area contributed by atoms with Crippen LogP contribution in [0.3, 0.4) is 0 Å². The van der Waals surface area contributed by atoms with Gasteiger partial charge in [0.1, 0.15) is 23.5 Å². The van der Waals surface area contributed by atoms with Gasteiger partial charge in [-0.15, -0.1) is 0 Å². The first-order valence-corrected chi connectivity index (χ1v) is 9.62. The molecule has 0 fully saturated rings. The minimum absolute atomic E-state index is 0.447. The lowest BCUT2D eigenvalue weighted by atomic mass is 10.0. The van der Waals surface area contributed by atoms with Gasteiger partial charge in [-0.05, 0) is 52.3 Å². The molecule has 6 nitrogen and oxygen atoms in total. The maximum atomic E-state index is 12.6. The van der Waals surface area contributed by atoms with Crippen LogP contribution in [0.25, 0.3) is 0 Å². The Morgan fingerprint density at radius 1 is 0.897 bits per heavy atom. The number of esters is 1. The van der Waals surface area contributed by atoms with Crippen LogP contribution in [0, 0.1) is 0 Å². The van der Waals surface area contributed by atoms with Gasteiger partial charge in [0.15, 0.2) is 6.10 Å². The zero-order valence-electron chi connectivity index (χ0n) is 17.5. The Labute approximate surface area is 172 Å². The van der Waals surface area contributed by atoms with Gasteiger partial charge in [0.25, 0.3) is 0 Å². The summed E-state index contributed by atoms with van der Waals surface area (Å²) in [6.45, 7) is 8.65. The van der Waals surface area contributed by atoms with Crippen LogP contribution >= 0.6 is 0 Å². The monoisotopic (exact) mass is 399 g/mol. The number of rotatable bonds is 7. The number of carbonyl (C=O) groups excluding carboxylic acids is 2. The summed E-state index contributed by atoms with van der Waals surface area (Å²) < 4.78 is 16.9. The average molecular weight is 399 g/mol. The maximum absolute atomic E-state index is 12.6. The van der Waals surface area contributed by atoms with Crippen LogP contribution < -0.4 is 10.1 Å². The number of carbonyl (C=O) groups is 2. The fraction of sp³-hybridized carbons (Fsp3) is 0.391. The first-order chi connectivity index (χ1) is 13.7. The zero-order valence-corrected chi connectivity index (χ0v) is 17.5. The zero-order chi connectivity index (χ0) is 21.4. The van der Waals surface area contributed by atoms with E-state index in [1.165, 1.54) is 0 Å². The molecular formula is C23H29NO5. The van der Waals surface area contributed by atoms with Crippen LogP contribution in [-0.2, 0) is 14.3 Å². The lowest BCUT2D eigenvalue weighted by Gasteiger charge is -2.27. The standard InChI is InChI=1S/C23H29NO5/c1-16(24-22(26)29-23(3,4)5)21(25)28-20(18-12-8-6-9-13-18)17(2)27-19-14-10-7-11-15-19/h6-17,20H,1-5H3,(H,24,26)/t16-,17-,20-/m0/s1. The number of hydrogen-bond acceptors (Lipinski definition) is 5. The lowest BCUT2D eigenvalue weighted by Crippen LogP contribution is -2.43. The minimum Gasteiger partial charge on any atom is -0.486 e. The highest BCUT2D eigenvalue weighted by Crippen LogP contribution is 2.26. The second-order valence-electron chi connectivity index (χ2n) is 7.77. The normalized spacial score (nSPS) is 14.2. The van der Waals surface area contributed by atoms with E-state index in [9.17, 15) is 9.59 Å². The summed E-state index contributed by atoms with van der Waals surface area (Å²) in [6.07, 6.45) is -1.77. The van der Waals surface area contributed by atoms with Crippen molar-refractivity contribution in [3.05, 3.63) is 66.2 Å². The summed E-state index contributed by atoms with van der Waals surface area (Å²) >= 11 is 0. The van der Waals surface area contributed by atoms with E-state index in [4.69, 9.17) is 14.2 Å². The van der Waals surface area contributed by atoms with E-state index < -0.39 is 35.9 Å². The first-order valence-electron chi connectivity index (χ1n) is 9.62. The van der Waals surface area contributed by atoms with Crippen LogP contribution in [-0.4, -0.2) is 29.8 Å². The van der Waals surface area contributed by atoms with Crippen molar-refractivity contribution in [3.8, 4) is 5.75 Å². The molecule has 2 aromatic rings. The Hall–Kier alpha value is -3.02. The molecule has 6 heteroatoms. The summed E-state index contributed by atoms with van der Waals surface area (Å²) in [6, 6.07) is 17.8. The van der Waals surface area contributed by atoms with E-state index >= 15 is 0 Å². The van der Waals surface area contributed by atoms with Crippen LogP contribution in [0.15, 0.2) is 60.7 Å². The Morgan fingerprint density at radius 3 is 2.00 bits per heavy atom. The molecular weight excluding hydrogens is 370 g/mol. The van der Waals surface area contributed by atoms with E-state index in [-0.39, 0.29) is 0 Å². The van der Waals surface area contributed by atoms with Gasteiger partial charge in [-0.2, -0.15) is 0 Å². The van der Waals surface area contributed by atoms with Gasteiger partial charge < -0.3 is 19.5 Å². The molecule has 0 aromatic heterocycles. The minimum atomic E-state index is -0.875. The van der Waals surface area contributed by atoms with Gasteiger partial charge >= 0.3 is 12.1 Å². The van der Waals surface area contributed by atoms with E-state index in [0.717, 1.165) is 5.56 Å². The van der Waals surface area contributed by atoms with Gasteiger partial charge in [0.05, 0.1) is 0 Å². The molecule has 0 saturated heterocycles. The quantitative estimate of drug-likeness (QED) is 0.686. The Bertz CT molecular complexity index is 786. The lowest BCUT2D eigenvalue weighted by molar-refractivity contribution is -0.156.